The van der Waals surface area contributed by atoms with Crippen molar-refractivity contribution in [1.29, 1.82) is 0 Å². The Morgan fingerprint density at radius 3 is 1.38 bits per heavy atom. The minimum atomic E-state index is -1.57. The van der Waals surface area contributed by atoms with E-state index in [4.69, 9.17) is 4.99 Å². The number of benzene rings is 3. The second-order valence-electron chi connectivity index (χ2n) is 16.5. The van der Waals surface area contributed by atoms with Gasteiger partial charge in [0.25, 0.3) is 0 Å². The van der Waals surface area contributed by atoms with Gasteiger partial charge in [0.15, 0.2) is 0 Å². The number of hydrogen-bond donors (Lipinski definition) is 2. The number of phenols is 1. The largest absolute Gasteiger partial charge is 0.502 e. The monoisotopic (exact) mass is 614 g/mol. The zero-order chi connectivity index (χ0) is 34.3. The van der Waals surface area contributed by atoms with E-state index in [9.17, 15) is 20.3 Å². The molecule has 0 aliphatic rings. The van der Waals surface area contributed by atoms with Crippen molar-refractivity contribution in [3.05, 3.63) is 104 Å². The fourth-order valence-electron chi connectivity index (χ4n) is 5.46. The Morgan fingerprint density at radius 2 is 1.07 bits per heavy atom. The van der Waals surface area contributed by atoms with E-state index in [1.807, 2.05) is 6.92 Å². The molecule has 1 unspecified atom stereocenters. The molecule has 0 amide bonds. The second kappa shape index (κ2) is 12.4. The maximum absolute atomic E-state index is 13.4. The first kappa shape index (κ1) is 36.0. The molecule has 0 spiro atoms. The SMILES string of the molecule is CCC(N=Cc1cccc([N+](=O)[O-])c1O)C(O)(c1cc(C(C)(C)C)cc(C(C)(C)C)c1)c1cc(C(C)(C)C)cc(C(C)(C)C)c1. The summed E-state index contributed by atoms with van der Waals surface area (Å²) in [6.07, 6.45) is 1.93. The van der Waals surface area contributed by atoms with Gasteiger partial charge in [-0.05, 0) is 67.5 Å². The smallest absolute Gasteiger partial charge is 0.311 e. The molecule has 0 aliphatic carbocycles. The molecule has 0 radical (unpaired) electrons. The number of nitro benzene ring substituents is 1. The lowest BCUT2D eigenvalue weighted by atomic mass is 9.71. The fourth-order valence-corrected chi connectivity index (χ4v) is 5.46. The molecular weight excluding hydrogens is 560 g/mol. The number of aliphatic imine (C=N–C) groups is 1. The van der Waals surface area contributed by atoms with Crippen LogP contribution in [-0.4, -0.2) is 27.4 Å². The number of rotatable bonds is 7. The minimum Gasteiger partial charge on any atom is -0.502 e. The van der Waals surface area contributed by atoms with Gasteiger partial charge in [-0.3, -0.25) is 15.1 Å². The maximum atomic E-state index is 13.4. The maximum Gasteiger partial charge on any atom is 0.311 e. The molecule has 6 heteroatoms. The van der Waals surface area contributed by atoms with Crippen LogP contribution in [0.2, 0.25) is 0 Å². The predicted molar refractivity (Wildman–Crippen MR) is 187 cm³/mol. The fraction of sp³-hybridized carbons (Fsp3) is 0.513. The molecule has 2 N–H and O–H groups in total. The van der Waals surface area contributed by atoms with E-state index in [0.29, 0.717) is 6.42 Å². The highest BCUT2D eigenvalue weighted by Gasteiger charge is 2.42. The first-order chi connectivity index (χ1) is 20.4. The first-order valence-electron chi connectivity index (χ1n) is 16.0. The standard InChI is InChI=1S/C39H54N2O4/c1-14-33(40-24-25-16-15-17-32(34(25)42)41(44)45)39(43,30-20-26(35(2,3)4)18-27(21-30)36(5,6)7)31-22-28(37(8,9)10)19-29(23-31)38(11,12)13/h15-24,33,42-43H,14H2,1-13H3. The molecule has 3 rings (SSSR count). The van der Waals surface area contributed by atoms with Crippen molar-refractivity contribution in [2.75, 3.05) is 0 Å². The van der Waals surface area contributed by atoms with Gasteiger partial charge in [-0.2, -0.15) is 0 Å². The quantitative estimate of drug-likeness (QED) is 0.157. The average Bonchev–Trinajstić information content (AvgIpc) is 2.91. The van der Waals surface area contributed by atoms with Crippen molar-refractivity contribution in [1.82, 2.24) is 0 Å². The number of hydrogen-bond acceptors (Lipinski definition) is 5. The van der Waals surface area contributed by atoms with Crippen molar-refractivity contribution in [3.8, 4) is 5.75 Å². The van der Waals surface area contributed by atoms with Crippen LogP contribution in [0.5, 0.6) is 5.75 Å². The van der Waals surface area contributed by atoms with Crippen LogP contribution >= 0.6 is 0 Å². The zero-order valence-electron chi connectivity index (χ0n) is 29.7. The molecule has 45 heavy (non-hydrogen) atoms. The van der Waals surface area contributed by atoms with E-state index in [0.717, 1.165) is 33.4 Å². The minimum absolute atomic E-state index is 0.180. The topological polar surface area (TPSA) is 96.0 Å². The van der Waals surface area contributed by atoms with E-state index in [1.54, 1.807) is 6.07 Å². The van der Waals surface area contributed by atoms with Crippen molar-refractivity contribution >= 4 is 11.9 Å². The molecule has 3 aromatic carbocycles. The molecule has 0 saturated heterocycles. The van der Waals surface area contributed by atoms with Gasteiger partial charge >= 0.3 is 5.69 Å². The highest BCUT2D eigenvalue weighted by molar-refractivity contribution is 5.85. The Morgan fingerprint density at radius 1 is 0.711 bits per heavy atom. The van der Waals surface area contributed by atoms with Crippen molar-refractivity contribution in [2.24, 2.45) is 4.99 Å². The zero-order valence-corrected chi connectivity index (χ0v) is 29.7. The summed E-state index contributed by atoms with van der Waals surface area (Å²) in [7, 11) is 0. The molecule has 3 aromatic rings. The van der Waals surface area contributed by atoms with E-state index in [-0.39, 0.29) is 32.9 Å². The summed E-state index contributed by atoms with van der Waals surface area (Å²) in [4.78, 5) is 15.8. The van der Waals surface area contributed by atoms with Crippen LogP contribution in [0.15, 0.2) is 59.6 Å². The van der Waals surface area contributed by atoms with E-state index in [1.165, 1.54) is 18.3 Å². The van der Waals surface area contributed by atoms with Gasteiger partial charge in [-0.25, -0.2) is 0 Å². The third-order valence-electron chi connectivity index (χ3n) is 8.72. The molecule has 1 atom stereocenters. The highest BCUT2D eigenvalue weighted by Crippen LogP contribution is 2.43. The molecular formula is C39H54N2O4. The lowest BCUT2D eigenvalue weighted by Crippen LogP contribution is -2.41. The van der Waals surface area contributed by atoms with Crippen molar-refractivity contribution < 1.29 is 15.1 Å². The van der Waals surface area contributed by atoms with Gasteiger partial charge in [0.2, 0.25) is 5.75 Å². The van der Waals surface area contributed by atoms with Crippen LogP contribution in [-0.2, 0) is 27.3 Å². The molecule has 0 bridgehead atoms. The van der Waals surface area contributed by atoms with Crippen LogP contribution in [0.1, 0.15) is 135 Å². The van der Waals surface area contributed by atoms with E-state index in [2.05, 4.69) is 119 Å². The Hall–Kier alpha value is -3.51. The molecule has 0 heterocycles. The van der Waals surface area contributed by atoms with Gasteiger partial charge in [0.05, 0.1) is 11.0 Å². The molecule has 0 fully saturated rings. The Balaban J connectivity index is 2.49. The Bertz CT molecular complexity index is 1430. The number of nitro groups is 1. The van der Waals surface area contributed by atoms with E-state index >= 15 is 0 Å². The van der Waals surface area contributed by atoms with Crippen LogP contribution in [0.25, 0.3) is 0 Å². The molecule has 0 saturated carbocycles. The average molecular weight is 615 g/mol. The third-order valence-corrected chi connectivity index (χ3v) is 8.72. The van der Waals surface area contributed by atoms with Gasteiger partial charge in [-0.15, -0.1) is 0 Å². The summed E-state index contributed by atoms with van der Waals surface area (Å²) in [6, 6.07) is 16.6. The first-order valence-corrected chi connectivity index (χ1v) is 16.0. The summed E-state index contributed by atoms with van der Waals surface area (Å²) in [5.41, 5.74) is 3.50. The van der Waals surface area contributed by atoms with Gasteiger partial charge in [-0.1, -0.05) is 132 Å². The summed E-state index contributed by atoms with van der Waals surface area (Å²) in [6.45, 7) is 28.1. The third kappa shape index (κ3) is 7.84. The lowest BCUT2D eigenvalue weighted by molar-refractivity contribution is -0.385. The summed E-state index contributed by atoms with van der Waals surface area (Å²) in [5.74, 6) is -0.445. The van der Waals surface area contributed by atoms with Crippen LogP contribution < -0.4 is 0 Å². The molecule has 6 nitrogen and oxygen atoms in total. The van der Waals surface area contributed by atoms with Gasteiger partial charge < -0.3 is 10.2 Å². The second-order valence-corrected chi connectivity index (χ2v) is 16.5. The molecule has 244 valence electrons. The summed E-state index contributed by atoms with van der Waals surface area (Å²) >= 11 is 0. The normalized spacial score (nSPS) is 14.2. The van der Waals surface area contributed by atoms with E-state index < -0.39 is 22.3 Å². The Kier molecular flexibility index (Phi) is 9.87. The number of para-hydroxylation sites is 1. The lowest BCUT2D eigenvalue weighted by Gasteiger charge is -2.39. The number of aromatic hydroxyl groups is 1. The van der Waals surface area contributed by atoms with Gasteiger partial charge in [0, 0.05) is 17.8 Å². The summed E-state index contributed by atoms with van der Waals surface area (Å²) < 4.78 is 0. The summed E-state index contributed by atoms with van der Waals surface area (Å²) in [5, 5.41) is 35.6. The van der Waals surface area contributed by atoms with Crippen molar-refractivity contribution in [2.45, 2.75) is 130 Å². The van der Waals surface area contributed by atoms with Gasteiger partial charge in [0.1, 0.15) is 5.60 Å². The number of nitrogens with zero attached hydrogens (tertiary/aromatic N) is 2. The highest BCUT2D eigenvalue weighted by atomic mass is 16.6. The van der Waals surface area contributed by atoms with Crippen LogP contribution in [0, 0.1) is 10.1 Å². The molecule has 0 aliphatic heterocycles. The van der Waals surface area contributed by atoms with Crippen LogP contribution in [0.4, 0.5) is 5.69 Å². The number of aliphatic hydroxyl groups is 1. The van der Waals surface area contributed by atoms with Crippen LogP contribution in [0.3, 0.4) is 0 Å². The number of phenolic OH excluding ortho intramolecular Hbond substituents is 1. The van der Waals surface area contributed by atoms with Crippen molar-refractivity contribution in [3.63, 3.8) is 0 Å². The molecule has 0 aromatic heterocycles. The predicted octanol–water partition coefficient (Wildman–Crippen LogP) is 9.62. The Labute approximate surface area is 270 Å².